The highest BCUT2D eigenvalue weighted by Crippen LogP contribution is 2.41. The summed E-state index contributed by atoms with van der Waals surface area (Å²) in [6, 6.07) is 13.7. The maximum Gasteiger partial charge on any atom is 0.171 e. The molecule has 0 bridgehead atoms. The van der Waals surface area contributed by atoms with E-state index in [1.807, 2.05) is 49.4 Å². The quantitative estimate of drug-likeness (QED) is 0.728. The van der Waals surface area contributed by atoms with Crippen molar-refractivity contribution in [1.29, 1.82) is 0 Å². The van der Waals surface area contributed by atoms with Gasteiger partial charge in [-0.05, 0) is 57.3 Å². The van der Waals surface area contributed by atoms with Gasteiger partial charge in [0, 0.05) is 29.8 Å². The SMILES string of the molecule is CCOc1cccc(NC(=S)N[C@H]2CC(C)(C)Oc3cc(OC)ccc32)c1. The molecule has 1 heterocycles. The molecule has 144 valence electrons. The first-order chi connectivity index (χ1) is 12.9. The molecule has 2 N–H and O–H groups in total. The number of nitrogens with one attached hydrogen (secondary N) is 2. The van der Waals surface area contributed by atoms with Crippen molar-refractivity contribution in [2.75, 3.05) is 19.0 Å². The minimum atomic E-state index is -0.304. The molecule has 2 aromatic rings. The Morgan fingerprint density at radius 3 is 2.78 bits per heavy atom. The molecular formula is C21H26N2O3S. The summed E-state index contributed by atoms with van der Waals surface area (Å²) in [5.41, 5.74) is 1.66. The number of rotatable bonds is 5. The number of fused-ring (bicyclic) bond motifs is 1. The van der Waals surface area contributed by atoms with E-state index in [1.165, 1.54) is 0 Å². The van der Waals surface area contributed by atoms with E-state index in [1.54, 1.807) is 7.11 Å². The highest BCUT2D eigenvalue weighted by Gasteiger charge is 2.34. The normalized spacial score (nSPS) is 17.3. The molecule has 5 nitrogen and oxygen atoms in total. The van der Waals surface area contributed by atoms with Gasteiger partial charge in [-0.3, -0.25) is 0 Å². The van der Waals surface area contributed by atoms with Crippen LogP contribution in [-0.4, -0.2) is 24.4 Å². The van der Waals surface area contributed by atoms with E-state index in [9.17, 15) is 0 Å². The topological polar surface area (TPSA) is 51.8 Å². The van der Waals surface area contributed by atoms with Crippen molar-refractivity contribution in [2.24, 2.45) is 0 Å². The lowest BCUT2D eigenvalue weighted by Gasteiger charge is -2.38. The Bertz CT molecular complexity index is 823. The minimum Gasteiger partial charge on any atom is -0.497 e. The number of thiocarbonyl (C=S) groups is 1. The molecule has 0 amide bonds. The highest BCUT2D eigenvalue weighted by atomic mass is 32.1. The van der Waals surface area contributed by atoms with Gasteiger partial charge >= 0.3 is 0 Å². The third-order valence-corrected chi connectivity index (χ3v) is 4.61. The van der Waals surface area contributed by atoms with Gasteiger partial charge in [-0.1, -0.05) is 6.07 Å². The molecule has 0 radical (unpaired) electrons. The summed E-state index contributed by atoms with van der Waals surface area (Å²) in [7, 11) is 1.65. The van der Waals surface area contributed by atoms with Crippen LogP contribution in [0.1, 0.15) is 38.8 Å². The summed E-state index contributed by atoms with van der Waals surface area (Å²) in [5, 5.41) is 7.23. The monoisotopic (exact) mass is 386 g/mol. The van der Waals surface area contributed by atoms with E-state index in [2.05, 4.69) is 24.5 Å². The van der Waals surface area contributed by atoms with Gasteiger partial charge in [0.1, 0.15) is 22.8 Å². The second-order valence-electron chi connectivity index (χ2n) is 7.08. The molecule has 0 aromatic heterocycles. The van der Waals surface area contributed by atoms with Gasteiger partial charge in [0.25, 0.3) is 0 Å². The van der Waals surface area contributed by atoms with Crippen LogP contribution in [-0.2, 0) is 0 Å². The third-order valence-electron chi connectivity index (χ3n) is 4.39. The molecule has 0 aliphatic carbocycles. The summed E-state index contributed by atoms with van der Waals surface area (Å²) in [6.07, 6.45) is 0.799. The predicted molar refractivity (Wildman–Crippen MR) is 112 cm³/mol. The predicted octanol–water partition coefficient (Wildman–Crippen LogP) is 4.68. The first kappa shape index (κ1) is 19.3. The van der Waals surface area contributed by atoms with Crippen molar-refractivity contribution in [1.82, 2.24) is 5.32 Å². The molecule has 3 rings (SSSR count). The summed E-state index contributed by atoms with van der Waals surface area (Å²) in [5.74, 6) is 2.41. The number of hydrogen-bond donors (Lipinski definition) is 2. The lowest BCUT2D eigenvalue weighted by molar-refractivity contribution is 0.0693. The third kappa shape index (κ3) is 4.83. The van der Waals surface area contributed by atoms with Crippen molar-refractivity contribution in [3.63, 3.8) is 0 Å². The van der Waals surface area contributed by atoms with Crippen LogP contribution in [0.4, 0.5) is 5.69 Å². The molecule has 0 saturated heterocycles. The standard InChI is InChI=1S/C21H26N2O3S/c1-5-25-16-8-6-7-14(11-16)22-20(27)23-18-13-21(2,3)26-19-12-15(24-4)9-10-17(18)19/h6-12,18H,5,13H2,1-4H3,(H2,22,23,27)/t18-/m0/s1. The van der Waals surface area contributed by atoms with Gasteiger partial charge < -0.3 is 24.8 Å². The van der Waals surface area contributed by atoms with E-state index in [-0.39, 0.29) is 11.6 Å². The number of ether oxygens (including phenoxy) is 3. The Balaban J connectivity index is 1.75. The fourth-order valence-electron chi connectivity index (χ4n) is 3.24. The lowest BCUT2D eigenvalue weighted by Crippen LogP contribution is -2.42. The molecule has 1 aliphatic rings. The van der Waals surface area contributed by atoms with Crippen LogP contribution < -0.4 is 24.8 Å². The van der Waals surface area contributed by atoms with Crippen molar-refractivity contribution in [2.45, 2.75) is 38.8 Å². The van der Waals surface area contributed by atoms with Crippen molar-refractivity contribution in [3.8, 4) is 17.2 Å². The Labute approximate surface area is 166 Å². The summed E-state index contributed by atoms with van der Waals surface area (Å²) >= 11 is 5.55. The van der Waals surface area contributed by atoms with Gasteiger partial charge in [0.05, 0.1) is 19.8 Å². The first-order valence-corrected chi connectivity index (χ1v) is 9.48. The van der Waals surface area contributed by atoms with Gasteiger partial charge in [-0.2, -0.15) is 0 Å². The minimum absolute atomic E-state index is 0.0460. The second kappa shape index (κ2) is 8.05. The number of hydrogen-bond acceptors (Lipinski definition) is 4. The summed E-state index contributed by atoms with van der Waals surface area (Å²) in [4.78, 5) is 0. The van der Waals surface area contributed by atoms with E-state index in [0.717, 1.165) is 34.9 Å². The van der Waals surface area contributed by atoms with Crippen molar-refractivity contribution >= 4 is 23.0 Å². The first-order valence-electron chi connectivity index (χ1n) is 9.07. The molecule has 0 fully saturated rings. The molecule has 0 spiro atoms. The molecule has 1 atom stereocenters. The maximum atomic E-state index is 6.13. The van der Waals surface area contributed by atoms with E-state index in [4.69, 9.17) is 26.4 Å². The molecule has 27 heavy (non-hydrogen) atoms. The fraction of sp³-hybridized carbons (Fsp3) is 0.381. The fourth-order valence-corrected chi connectivity index (χ4v) is 3.50. The largest absolute Gasteiger partial charge is 0.497 e. The number of benzene rings is 2. The van der Waals surface area contributed by atoms with Crippen LogP contribution in [0, 0.1) is 0 Å². The van der Waals surface area contributed by atoms with E-state index in [0.29, 0.717) is 11.7 Å². The van der Waals surface area contributed by atoms with Crippen LogP contribution in [0.2, 0.25) is 0 Å². The summed E-state index contributed by atoms with van der Waals surface area (Å²) in [6.45, 7) is 6.74. The van der Waals surface area contributed by atoms with Crippen molar-refractivity contribution < 1.29 is 14.2 Å². The molecule has 0 unspecified atom stereocenters. The number of anilines is 1. The van der Waals surface area contributed by atoms with Gasteiger partial charge in [-0.25, -0.2) is 0 Å². The van der Waals surface area contributed by atoms with Gasteiger partial charge in [-0.15, -0.1) is 0 Å². The van der Waals surface area contributed by atoms with E-state index < -0.39 is 0 Å². The Hall–Kier alpha value is -2.47. The van der Waals surface area contributed by atoms with Crippen LogP contribution in [0.5, 0.6) is 17.2 Å². The molecule has 6 heteroatoms. The average Bonchev–Trinajstić information content (AvgIpc) is 2.60. The Morgan fingerprint density at radius 1 is 1.22 bits per heavy atom. The second-order valence-corrected chi connectivity index (χ2v) is 7.49. The van der Waals surface area contributed by atoms with Crippen molar-refractivity contribution in [3.05, 3.63) is 48.0 Å². The number of methoxy groups -OCH3 is 1. The molecular weight excluding hydrogens is 360 g/mol. The molecule has 0 saturated carbocycles. The van der Waals surface area contributed by atoms with Crippen LogP contribution in [0.15, 0.2) is 42.5 Å². The zero-order valence-corrected chi connectivity index (χ0v) is 17.0. The van der Waals surface area contributed by atoms with Crippen LogP contribution in [0.3, 0.4) is 0 Å². The van der Waals surface area contributed by atoms with E-state index >= 15 is 0 Å². The average molecular weight is 387 g/mol. The smallest absolute Gasteiger partial charge is 0.171 e. The maximum absolute atomic E-state index is 6.13. The van der Waals surface area contributed by atoms with Crippen LogP contribution in [0.25, 0.3) is 0 Å². The van der Waals surface area contributed by atoms with Gasteiger partial charge in [0.15, 0.2) is 5.11 Å². The zero-order valence-electron chi connectivity index (χ0n) is 16.2. The highest BCUT2D eigenvalue weighted by molar-refractivity contribution is 7.80. The lowest BCUT2D eigenvalue weighted by atomic mass is 9.89. The van der Waals surface area contributed by atoms with Crippen LogP contribution >= 0.6 is 12.2 Å². The Morgan fingerprint density at radius 2 is 2.04 bits per heavy atom. The Kier molecular flexibility index (Phi) is 5.75. The molecule has 1 aliphatic heterocycles. The molecule has 2 aromatic carbocycles. The zero-order chi connectivity index (χ0) is 19.4. The van der Waals surface area contributed by atoms with Gasteiger partial charge in [0.2, 0.25) is 0 Å². The summed E-state index contributed by atoms with van der Waals surface area (Å²) < 4.78 is 17.0.